The van der Waals surface area contributed by atoms with Crippen LogP contribution in [0.2, 0.25) is 5.02 Å². The summed E-state index contributed by atoms with van der Waals surface area (Å²) in [5.74, 6) is 0.768. The molecule has 1 heterocycles. The van der Waals surface area contributed by atoms with E-state index in [1.54, 1.807) is 35.9 Å². The van der Waals surface area contributed by atoms with Crippen molar-refractivity contribution in [3.05, 3.63) is 92.0 Å². The molecule has 1 aliphatic rings. The molecule has 0 saturated carbocycles. The summed E-state index contributed by atoms with van der Waals surface area (Å²) in [5, 5.41) is 0.586. The second-order valence-corrected chi connectivity index (χ2v) is 11.4. The summed E-state index contributed by atoms with van der Waals surface area (Å²) < 4.78 is 37.0. The van der Waals surface area contributed by atoms with Crippen molar-refractivity contribution in [3.63, 3.8) is 0 Å². The number of methoxy groups -OCH3 is 1. The first-order chi connectivity index (χ1) is 16.4. The standard InChI is InChI=1S/C25H23ClN2O4S2/c1-32-18-9-11-20-16(13-18)6-4-8-22(20)27-34(30,31)19-10-12-23-24(14-19)33-25(29)28(23)15-17-5-2-3-7-21(17)26/h2-3,5,7,9-14,22,27H,4,6,8,15H2,1H3. The highest BCUT2D eigenvalue weighted by atomic mass is 35.5. The van der Waals surface area contributed by atoms with E-state index in [0.717, 1.165) is 53.0 Å². The van der Waals surface area contributed by atoms with Crippen molar-refractivity contribution in [3.8, 4) is 5.75 Å². The minimum Gasteiger partial charge on any atom is -0.497 e. The third-order valence-electron chi connectivity index (χ3n) is 6.20. The van der Waals surface area contributed by atoms with Gasteiger partial charge in [0.1, 0.15) is 5.75 Å². The summed E-state index contributed by atoms with van der Waals surface area (Å²) in [6, 6.07) is 17.6. The molecular weight excluding hydrogens is 492 g/mol. The maximum atomic E-state index is 13.3. The highest BCUT2D eigenvalue weighted by Gasteiger charge is 2.26. The smallest absolute Gasteiger partial charge is 0.308 e. The van der Waals surface area contributed by atoms with Gasteiger partial charge in [0.25, 0.3) is 0 Å². The van der Waals surface area contributed by atoms with E-state index in [0.29, 0.717) is 21.8 Å². The number of ether oxygens (including phenoxy) is 1. The Bertz CT molecular complexity index is 1540. The van der Waals surface area contributed by atoms with Crippen LogP contribution in [0.4, 0.5) is 0 Å². The van der Waals surface area contributed by atoms with Crippen molar-refractivity contribution in [2.24, 2.45) is 0 Å². The number of nitrogens with one attached hydrogen (secondary N) is 1. The molecule has 0 aliphatic heterocycles. The summed E-state index contributed by atoms with van der Waals surface area (Å²) in [7, 11) is -2.16. The summed E-state index contributed by atoms with van der Waals surface area (Å²) in [4.78, 5) is 12.7. The molecule has 6 nitrogen and oxygen atoms in total. The van der Waals surface area contributed by atoms with Crippen molar-refractivity contribution >= 4 is 43.2 Å². The number of nitrogens with zero attached hydrogens (tertiary/aromatic N) is 1. The van der Waals surface area contributed by atoms with Gasteiger partial charge in [0.05, 0.1) is 28.8 Å². The minimum absolute atomic E-state index is 0.145. The number of rotatable bonds is 6. The zero-order valence-corrected chi connectivity index (χ0v) is 20.8. The van der Waals surface area contributed by atoms with Gasteiger partial charge >= 0.3 is 4.87 Å². The van der Waals surface area contributed by atoms with E-state index in [1.165, 1.54) is 0 Å². The lowest BCUT2D eigenvalue weighted by atomic mass is 9.88. The molecule has 1 aliphatic carbocycles. The van der Waals surface area contributed by atoms with Crippen LogP contribution in [0, 0.1) is 0 Å². The van der Waals surface area contributed by atoms with Crippen molar-refractivity contribution in [2.75, 3.05) is 7.11 Å². The zero-order valence-electron chi connectivity index (χ0n) is 18.5. The largest absolute Gasteiger partial charge is 0.497 e. The molecule has 1 N–H and O–H groups in total. The number of benzene rings is 3. The maximum Gasteiger partial charge on any atom is 0.308 e. The lowest BCUT2D eigenvalue weighted by Crippen LogP contribution is -2.31. The maximum absolute atomic E-state index is 13.3. The molecule has 5 rings (SSSR count). The molecule has 0 spiro atoms. The Labute approximate surface area is 206 Å². The number of aromatic nitrogens is 1. The fraction of sp³-hybridized carbons (Fsp3) is 0.240. The van der Waals surface area contributed by atoms with E-state index in [-0.39, 0.29) is 15.8 Å². The van der Waals surface area contributed by atoms with Crippen molar-refractivity contribution in [1.82, 2.24) is 9.29 Å². The van der Waals surface area contributed by atoms with Gasteiger partial charge in [0, 0.05) is 11.1 Å². The highest BCUT2D eigenvalue weighted by molar-refractivity contribution is 7.89. The molecule has 3 aromatic carbocycles. The van der Waals surface area contributed by atoms with Crippen LogP contribution in [0.1, 0.15) is 35.6 Å². The number of fused-ring (bicyclic) bond motifs is 2. The van der Waals surface area contributed by atoms with Crippen LogP contribution in [0.5, 0.6) is 5.75 Å². The van der Waals surface area contributed by atoms with Crippen LogP contribution >= 0.6 is 22.9 Å². The minimum atomic E-state index is -3.79. The van der Waals surface area contributed by atoms with Crippen molar-refractivity contribution in [2.45, 2.75) is 36.7 Å². The van der Waals surface area contributed by atoms with Gasteiger partial charge in [-0.05, 0) is 72.4 Å². The lowest BCUT2D eigenvalue weighted by Gasteiger charge is -2.26. The first kappa shape index (κ1) is 23.1. The number of halogens is 1. The topological polar surface area (TPSA) is 77.4 Å². The molecule has 176 valence electrons. The summed E-state index contributed by atoms with van der Waals surface area (Å²) in [6.45, 7) is 0.325. The predicted molar refractivity (Wildman–Crippen MR) is 136 cm³/mol. The Kier molecular flexibility index (Phi) is 6.24. The fourth-order valence-electron chi connectivity index (χ4n) is 4.46. The van der Waals surface area contributed by atoms with Gasteiger partial charge in [-0.15, -0.1) is 0 Å². The Hall–Kier alpha value is -2.65. The van der Waals surface area contributed by atoms with Gasteiger partial charge in [-0.2, -0.15) is 0 Å². The van der Waals surface area contributed by atoms with Gasteiger partial charge in [0.15, 0.2) is 0 Å². The van der Waals surface area contributed by atoms with E-state index >= 15 is 0 Å². The molecule has 34 heavy (non-hydrogen) atoms. The van der Waals surface area contributed by atoms with Crippen molar-refractivity contribution < 1.29 is 13.2 Å². The van der Waals surface area contributed by atoms with E-state index in [2.05, 4.69) is 4.72 Å². The molecule has 0 fully saturated rings. The zero-order chi connectivity index (χ0) is 23.9. The van der Waals surface area contributed by atoms with E-state index in [4.69, 9.17) is 16.3 Å². The molecule has 1 aromatic heterocycles. The van der Waals surface area contributed by atoms with Crippen LogP contribution < -0.4 is 14.3 Å². The number of hydrogen-bond donors (Lipinski definition) is 1. The lowest BCUT2D eigenvalue weighted by molar-refractivity contribution is 0.412. The van der Waals surface area contributed by atoms with Gasteiger partial charge in [-0.1, -0.05) is 47.2 Å². The Morgan fingerprint density at radius 3 is 2.76 bits per heavy atom. The monoisotopic (exact) mass is 514 g/mol. The molecule has 9 heteroatoms. The molecule has 1 atom stereocenters. The van der Waals surface area contributed by atoms with E-state index in [1.807, 2.05) is 36.4 Å². The first-order valence-corrected chi connectivity index (χ1v) is 13.6. The quantitative estimate of drug-likeness (QED) is 0.387. The number of sulfonamides is 1. The molecule has 4 aromatic rings. The number of hydrogen-bond acceptors (Lipinski definition) is 5. The molecule has 0 saturated heterocycles. The SMILES string of the molecule is COc1ccc2c(c1)CCCC2NS(=O)(=O)c1ccc2c(c1)sc(=O)n2Cc1ccccc1Cl. The van der Waals surface area contributed by atoms with E-state index < -0.39 is 10.0 Å². The molecule has 0 radical (unpaired) electrons. The fourth-order valence-corrected chi connectivity index (χ4v) is 6.93. The highest BCUT2D eigenvalue weighted by Crippen LogP contribution is 2.33. The summed E-state index contributed by atoms with van der Waals surface area (Å²) in [5.41, 5.74) is 3.59. The molecular formula is C25H23ClN2O4S2. The van der Waals surface area contributed by atoms with Crippen molar-refractivity contribution in [1.29, 1.82) is 0 Å². The predicted octanol–water partition coefficient (Wildman–Crippen LogP) is 5.13. The molecule has 0 amide bonds. The van der Waals surface area contributed by atoms with Crippen LogP contribution in [0.3, 0.4) is 0 Å². The average Bonchev–Trinajstić information content (AvgIpc) is 3.14. The van der Waals surface area contributed by atoms with Gasteiger partial charge in [-0.3, -0.25) is 9.36 Å². The molecule has 1 unspecified atom stereocenters. The Morgan fingerprint density at radius 1 is 1.15 bits per heavy atom. The van der Waals surface area contributed by atoms with Crippen LogP contribution in [-0.2, 0) is 23.0 Å². The number of aryl methyl sites for hydroxylation is 1. The third-order valence-corrected chi connectivity index (χ3v) is 8.98. The number of thiazole rings is 1. The Balaban J connectivity index is 1.45. The second-order valence-electron chi connectivity index (χ2n) is 8.31. The average molecular weight is 515 g/mol. The van der Waals surface area contributed by atoms with E-state index in [9.17, 15) is 13.2 Å². The normalized spacial score (nSPS) is 15.9. The van der Waals surface area contributed by atoms with Crippen LogP contribution in [0.25, 0.3) is 10.2 Å². The molecule has 0 bridgehead atoms. The van der Waals surface area contributed by atoms with Gasteiger partial charge < -0.3 is 4.74 Å². The second kappa shape index (κ2) is 9.19. The summed E-state index contributed by atoms with van der Waals surface area (Å²) in [6.07, 6.45) is 2.50. The van der Waals surface area contributed by atoms with Crippen LogP contribution in [0.15, 0.2) is 70.4 Å². The Morgan fingerprint density at radius 2 is 1.97 bits per heavy atom. The summed E-state index contributed by atoms with van der Waals surface area (Å²) >= 11 is 7.30. The van der Waals surface area contributed by atoms with Gasteiger partial charge in [0.2, 0.25) is 10.0 Å². The van der Waals surface area contributed by atoms with Crippen LogP contribution in [-0.4, -0.2) is 20.1 Å². The first-order valence-electron chi connectivity index (χ1n) is 10.9. The third kappa shape index (κ3) is 4.38. The van der Waals surface area contributed by atoms with Gasteiger partial charge in [-0.25, -0.2) is 13.1 Å².